The van der Waals surface area contributed by atoms with Crippen molar-refractivity contribution in [3.8, 4) is 5.75 Å². The van der Waals surface area contributed by atoms with E-state index in [-0.39, 0.29) is 23.4 Å². The topological polar surface area (TPSA) is 70.2 Å². The zero-order chi connectivity index (χ0) is 17.6. The number of halogens is 3. The van der Waals surface area contributed by atoms with Crippen molar-refractivity contribution in [3.05, 3.63) is 23.9 Å². The van der Waals surface area contributed by atoms with E-state index in [0.29, 0.717) is 16.8 Å². The Kier molecular flexibility index (Phi) is 3.82. The molecular weight excluding hydrogens is 337 g/mol. The maximum absolute atomic E-state index is 12.6. The average Bonchev–Trinajstić information content (AvgIpc) is 2.97. The molecule has 2 aromatic rings. The largest absolute Gasteiger partial charge is 0.573 e. The number of nitrogens with one attached hydrogen (secondary N) is 2. The van der Waals surface area contributed by atoms with Crippen molar-refractivity contribution in [1.29, 1.82) is 0 Å². The Labute approximate surface area is 141 Å². The van der Waals surface area contributed by atoms with E-state index < -0.39 is 6.36 Å². The smallest absolute Gasteiger partial charge is 0.406 e. The predicted molar refractivity (Wildman–Crippen MR) is 83.2 cm³/mol. The van der Waals surface area contributed by atoms with Gasteiger partial charge in [0.1, 0.15) is 5.75 Å². The standard InChI is InChI=1S/C16H17F3N4O2/c17-16(18,19)25-10-1-2-12-11(7-10)14(22-21-12)15(24)20-13-8-23-5-3-9(13)4-6-23/h1-2,7,9,13H,3-6,8H2,(H,20,24)(H,21,22)/t13-/m0/s1. The van der Waals surface area contributed by atoms with Crippen LogP contribution in [0.1, 0.15) is 23.3 Å². The lowest BCUT2D eigenvalue weighted by molar-refractivity contribution is -0.274. The highest BCUT2D eigenvalue weighted by Crippen LogP contribution is 2.29. The quantitative estimate of drug-likeness (QED) is 0.887. The number of aromatic nitrogens is 2. The van der Waals surface area contributed by atoms with Gasteiger partial charge in [0, 0.05) is 18.0 Å². The third kappa shape index (κ3) is 3.28. The van der Waals surface area contributed by atoms with Crippen LogP contribution in [0.3, 0.4) is 0 Å². The summed E-state index contributed by atoms with van der Waals surface area (Å²) in [5.74, 6) is -0.310. The van der Waals surface area contributed by atoms with Gasteiger partial charge in [-0.05, 0) is 50.0 Å². The van der Waals surface area contributed by atoms with Gasteiger partial charge < -0.3 is 15.0 Å². The van der Waals surface area contributed by atoms with E-state index in [1.54, 1.807) is 0 Å². The van der Waals surface area contributed by atoms with E-state index in [9.17, 15) is 18.0 Å². The molecule has 1 aromatic heterocycles. The van der Waals surface area contributed by atoms with E-state index in [1.807, 2.05) is 0 Å². The number of piperidine rings is 3. The monoisotopic (exact) mass is 354 g/mol. The lowest BCUT2D eigenvalue weighted by atomic mass is 9.84. The van der Waals surface area contributed by atoms with Gasteiger partial charge in [-0.3, -0.25) is 9.89 Å². The molecule has 6 nitrogen and oxygen atoms in total. The van der Waals surface area contributed by atoms with Gasteiger partial charge in [-0.25, -0.2) is 0 Å². The minimum absolute atomic E-state index is 0.0522. The molecule has 2 N–H and O–H groups in total. The number of fused-ring (bicyclic) bond motifs is 4. The molecule has 5 rings (SSSR count). The van der Waals surface area contributed by atoms with E-state index in [0.717, 1.165) is 32.5 Å². The summed E-state index contributed by atoms with van der Waals surface area (Å²) in [7, 11) is 0. The Morgan fingerprint density at radius 3 is 2.72 bits per heavy atom. The van der Waals surface area contributed by atoms with Gasteiger partial charge in [-0.2, -0.15) is 5.10 Å². The fourth-order valence-corrected chi connectivity index (χ4v) is 3.73. The molecule has 4 heterocycles. The molecule has 0 aliphatic carbocycles. The predicted octanol–water partition coefficient (Wildman–Crippen LogP) is 2.29. The van der Waals surface area contributed by atoms with Gasteiger partial charge in [0.2, 0.25) is 0 Å². The van der Waals surface area contributed by atoms with Gasteiger partial charge >= 0.3 is 6.36 Å². The van der Waals surface area contributed by atoms with Crippen LogP contribution < -0.4 is 10.1 Å². The second-order valence-corrected chi connectivity index (χ2v) is 6.55. The van der Waals surface area contributed by atoms with Crippen molar-refractivity contribution in [1.82, 2.24) is 20.4 Å². The lowest BCUT2D eigenvalue weighted by Crippen LogP contribution is -2.57. The van der Waals surface area contributed by atoms with Crippen LogP contribution in [-0.2, 0) is 0 Å². The molecule has 1 aromatic carbocycles. The summed E-state index contributed by atoms with van der Waals surface area (Å²) in [4.78, 5) is 14.9. The summed E-state index contributed by atoms with van der Waals surface area (Å²) in [5.41, 5.74) is 0.563. The highest BCUT2D eigenvalue weighted by Gasteiger charge is 2.35. The van der Waals surface area contributed by atoms with E-state index >= 15 is 0 Å². The molecule has 3 aliphatic heterocycles. The summed E-state index contributed by atoms with van der Waals surface area (Å²) < 4.78 is 41.1. The normalized spacial score (nSPS) is 26.0. The third-order valence-electron chi connectivity index (χ3n) is 4.96. The van der Waals surface area contributed by atoms with Crippen LogP contribution in [0.15, 0.2) is 18.2 Å². The molecule has 1 amide bonds. The number of hydrogen-bond donors (Lipinski definition) is 2. The van der Waals surface area contributed by atoms with Crippen LogP contribution in [0.2, 0.25) is 0 Å². The number of hydrogen-bond acceptors (Lipinski definition) is 4. The van der Waals surface area contributed by atoms with Gasteiger partial charge in [0.05, 0.1) is 5.52 Å². The Balaban J connectivity index is 1.55. The van der Waals surface area contributed by atoms with Crippen LogP contribution in [-0.4, -0.2) is 53.0 Å². The van der Waals surface area contributed by atoms with E-state index in [4.69, 9.17) is 0 Å². The first-order valence-electron chi connectivity index (χ1n) is 8.16. The molecule has 3 saturated heterocycles. The number of H-pyrrole nitrogens is 1. The SMILES string of the molecule is O=C(N[C@H]1CN2CCC1CC2)c1n[nH]c2ccc(OC(F)(F)F)cc12. The molecule has 0 spiro atoms. The van der Waals surface area contributed by atoms with Gasteiger partial charge in [-0.15, -0.1) is 13.2 Å². The van der Waals surface area contributed by atoms with Crippen molar-refractivity contribution >= 4 is 16.8 Å². The molecule has 3 aliphatic rings. The van der Waals surface area contributed by atoms with Gasteiger partial charge in [-0.1, -0.05) is 0 Å². The number of rotatable bonds is 3. The third-order valence-corrected chi connectivity index (χ3v) is 4.96. The van der Waals surface area contributed by atoms with Crippen molar-refractivity contribution in [2.45, 2.75) is 25.2 Å². The summed E-state index contributed by atoms with van der Waals surface area (Å²) >= 11 is 0. The van der Waals surface area contributed by atoms with Crippen LogP contribution in [0.4, 0.5) is 13.2 Å². The van der Waals surface area contributed by atoms with Crippen molar-refractivity contribution in [3.63, 3.8) is 0 Å². The van der Waals surface area contributed by atoms with Crippen molar-refractivity contribution in [2.75, 3.05) is 19.6 Å². The molecule has 3 fully saturated rings. The summed E-state index contributed by atoms with van der Waals surface area (Å²) in [6.45, 7) is 2.92. The maximum Gasteiger partial charge on any atom is 0.573 e. The fraction of sp³-hybridized carbons (Fsp3) is 0.500. The van der Waals surface area contributed by atoms with Gasteiger partial charge in [0.25, 0.3) is 5.91 Å². The number of aromatic amines is 1. The molecule has 2 bridgehead atoms. The minimum Gasteiger partial charge on any atom is -0.406 e. The number of nitrogens with zero attached hydrogens (tertiary/aromatic N) is 2. The van der Waals surface area contributed by atoms with Crippen LogP contribution >= 0.6 is 0 Å². The molecule has 9 heteroatoms. The number of carbonyl (C=O) groups is 1. The molecule has 1 atom stereocenters. The zero-order valence-corrected chi connectivity index (χ0v) is 13.3. The van der Waals surface area contributed by atoms with Crippen molar-refractivity contribution < 1.29 is 22.7 Å². The Morgan fingerprint density at radius 1 is 1.32 bits per heavy atom. The molecule has 0 radical (unpaired) electrons. The lowest BCUT2D eigenvalue weighted by Gasteiger charge is -2.44. The van der Waals surface area contributed by atoms with E-state index in [1.165, 1.54) is 18.2 Å². The second kappa shape index (κ2) is 5.91. The number of amides is 1. The van der Waals surface area contributed by atoms with Crippen molar-refractivity contribution in [2.24, 2.45) is 5.92 Å². The van der Waals surface area contributed by atoms with Crippen LogP contribution in [0.25, 0.3) is 10.9 Å². The highest BCUT2D eigenvalue weighted by molar-refractivity contribution is 6.05. The number of carbonyl (C=O) groups excluding carboxylic acids is 1. The maximum atomic E-state index is 12.6. The first-order valence-corrected chi connectivity index (χ1v) is 8.16. The Bertz CT molecular complexity index is 796. The zero-order valence-electron chi connectivity index (χ0n) is 13.3. The van der Waals surface area contributed by atoms with Crippen LogP contribution in [0.5, 0.6) is 5.75 Å². The minimum atomic E-state index is -4.78. The molecule has 134 valence electrons. The fourth-order valence-electron chi connectivity index (χ4n) is 3.73. The highest BCUT2D eigenvalue weighted by atomic mass is 19.4. The summed E-state index contributed by atoms with van der Waals surface area (Å²) in [6, 6.07) is 3.83. The molecule has 0 saturated carbocycles. The van der Waals surface area contributed by atoms with Gasteiger partial charge in [0.15, 0.2) is 5.69 Å². The summed E-state index contributed by atoms with van der Waals surface area (Å²) in [5, 5.41) is 9.94. The molecular formula is C16H17F3N4O2. The molecule has 0 unspecified atom stereocenters. The number of ether oxygens (including phenoxy) is 1. The first kappa shape index (κ1) is 16.2. The van der Waals surface area contributed by atoms with Crippen LogP contribution in [0, 0.1) is 5.92 Å². The summed E-state index contributed by atoms with van der Waals surface area (Å²) in [6.07, 6.45) is -2.68. The second-order valence-electron chi connectivity index (χ2n) is 6.55. The first-order chi connectivity index (χ1) is 11.9. The Hall–Kier alpha value is -2.29. The van der Waals surface area contributed by atoms with E-state index in [2.05, 4.69) is 25.2 Å². The Morgan fingerprint density at radius 2 is 2.08 bits per heavy atom. The number of benzene rings is 1. The average molecular weight is 354 g/mol. The molecule has 25 heavy (non-hydrogen) atoms. The number of alkyl halides is 3.